The predicted molar refractivity (Wildman–Crippen MR) is 129 cm³/mol. The molecule has 0 radical (unpaired) electrons. The lowest BCUT2D eigenvalue weighted by atomic mass is 10.1. The first-order valence-corrected chi connectivity index (χ1v) is 12.6. The smallest absolute Gasteiger partial charge is 0.251 e. The summed E-state index contributed by atoms with van der Waals surface area (Å²) in [6, 6.07) is 24.2. The average Bonchev–Trinajstić information content (AvgIpc) is 2.84. The molecule has 3 aromatic carbocycles. The second-order valence-electron chi connectivity index (χ2n) is 8.30. The van der Waals surface area contributed by atoms with E-state index in [-0.39, 0.29) is 5.91 Å². The van der Waals surface area contributed by atoms with Crippen LogP contribution in [0.2, 0.25) is 0 Å². The summed E-state index contributed by atoms with van der Waals surface area (Å²) in [5.74, 6) is -0.0983. The van der Waals surface area contributed by atoms with Crippen molar-refractivity contribution in [2.24, 2.45) is 0 Å². The summed E-state index contributed by atoms with van der Waals surface area (Å²) >= 11 is 0. The summed E-state index contributed by atoms with van der Waals surface area (Å²) in [4.78, 5) is 15.2. The molecule has 0 aliphatic carbocycles. The van der Waals surface area contributed by atoms with E-state index in [1.165, 1.54) is 0 Å². The Bertz CT molecular complexity index is 1200. The van der Waals surface area contributed by atoms with Gasteiger partial charge in [0.25, 0.3) is 5.91 Å². The van der Waals surface area contributed by atoms with Crippen molar-refractivity contribution in [3.8, 4) is 0 Å². The highest BCUT2D eigenvalue weighted by molar-refractivity contribution is 7.89. The lowest BCUT2D eigenvalue weighted by Gasteiger charge is -2.34. The molecule has 1 amide bonds. The minimum atomic E-state index is -3.45. The van der Waals surface area contributed by atoms with E-state index in [1.807, 2.05) is 61.5 Å². The summed E-state index contributed by atoms with van der Waals surface area (Å²) in [6.07, 6.45) is 0. The number of hydrogen-bond donors (Lipinski definition) is 1. The van der Waals surface area contributed by atoms with Crippen LogP contribution in [0.25, 0.3) is 0 Å². The molecule has 4 rings (SSSR count). The van der Waals surface area contributed by atoms with Gasteiger partial charge < -0.3 is 5.32 Å². The molecule has 7 heteroatoms. The molecule has 0 atom stereocenters. The third-order valence-electron chi connectivity index (χ3n) is 6.01. The molecular weight excluding hydrogens is 434 g/mol. The van der Waals surface area contributed by atoms with Gasteiger partial charge in [-0.15, -0.1) is 0 Å². The molecule has 0 bridgehead atoms. The van der Waals surface area contributed by atoms with Gasteiger partial charge in [-0.3, -0.25) is 9.69 Å². The lowest BCUT2D eigenvalue weighted by molar-refractivity contribution is 0.0950. The largest absolute Gasteiger partial charge is 0.348 e. The molecule has 0 spiro atoms. The zero-order valence-corrected chi connectivity index (χ0v) is 19.6. The number of rotatable bonds is 7. The number of carbonyl (C=O) groups is 1. The van der Waals surface area contributed by atoms with Crippen molar-refractivity contribution >= 4 is 15.9 Å². The van der Waals surface area contributed by atoms with Crippen LogP contribution in [0.15, 0.2) is 83.8 Å². The van der Waals surface area contributed by atoms with Gasteiger partial charge in [0.05, 0.1) is 4.90 Å². The van der Waals surface area contributed by atoms with Crippen molar-refractivity contribution in [3.05, 3.63) is 101 Å². The van der Waals surface area contributed by atoms with E-state index in [1.54, 1.807) is 28.6 Å². The van der Waals surface area contributed by atoms with Crippen molar-refractivity contribution in [2.75, 3.05) is 26.2 Å². The van der Waals surface area contributed by atoms with Gasteiger partial charge in [0.1, 0.15) is 0 Å². The van der Waals surface area contributed by atoms with E-state index < -0.39 is 10.0 Å². The van der Waals surface area contributed by atoms with Crippen LogP contribution in [-0.2, 0) is 23.1 Å². The summed E-state index contributed by atoms with van der Waals surface area (Å²) in [5, 5.41) is 3.00. The van der Waals surface area contributed by atoms with Gasteiger partial charge in [-0.25, -0.2) is 8.42 Å². The van der Waals surface area contributed by atoms with Crippen molar-refractivity contribution < 1.29 is 13.2 Å². The van der Waals surface area contributed by atoms with Gasteiger partial charge in [0.2, 0.25) is 10.0 Å². The maximum atomic E-state index is 12.8. The van der Waals surface area contributed by atoms with Gasteiger partial charge in [-0.1, -0.05) is 54.6 Å². The van der Waals surface area contributed by atoms with Crippen LogP contribution in [0, 0.1) is 6.92 Å². The van der Waals surface area contributed by atoms with Crippen molar-refractivity contribution in [1.29, 1.82) is 0 Å². The maximum Gasteiger partial charge on any atom is 0.251 e. The number of amides is 1. The number of benzene rings is 3. The van der Waals surface area contributed by atoms with Crippen molar-refractivity contribution in [3.63, 3.8) is 0 Å². The van der Waals surface area contributed by atoms with Crippen LogP contribution >= 0.6 is 0 Å². The Morgan fingerprint density at radius 2 is 1.58 bits per heavy atom. The van der Waals surface area contributed by atoms with E-state index >= 15 is 0 Å². The zero-order valence-electron chi connectivity index (χ0n) is 18.8. The van der Waals surface area contributed by atoms with Gasteiger partial charge in [0, 0.05) is 44.8 Å². The van der Waals surface area contributed by atoms with Gasteiger partial charge in [-0.2, -0.15) is 4.31 Å². The molecule has 1 heterocycles. The Morgan fingerprint density at radius 1 is 0.879 bits per heavy atom. The highest BCUT2D eigenvalue weighted by Crippen LogP contribution is 2.18. The van der Waals surface area contributed by atoms with Crippen molar-refractivity contribution in [1.82, 2.24) is 14.5 Å². The SMILES string of the molecule is Cc1ccccc1CNC(=O)c1cccc(CN2CCN(S(=O)(=O)c3ccccc3)CC2)c1. The molecule has 6 nitrogen and oxygen atoms in total. The first-order chi connectivity index (χ1) is 15.9. The van der Waals surface area contributed by atoms with Gasteiger partial charge in [0.15, 0.2) is 0 Å². The number of aryl methyl sites for hydroxylation is 1. The first kappa shape index (κ1) is 23.2. The van der Waals surface area contributed by atoms with Crippen molar-refractivity contribution in [2.45, 2.75) is 24.9 Å². The van der Waals surface area contributed by atoms with E-state index in [2.05, 4.69) is 10.2 Å². The van der Waals surface area contributed by atoms with Gasteiger partial charge >= 0.3 is 0 Å². The fraction of sp³-hybridized carbons (Fsp3) is 0.269. The van der Waals surface area contributed by atoms with Gasteiger partial charge in [-0.05, 0) is 47.9 Å². The van der Waals surface area contributed by atoms with Crippen LogP contribution < -0.4 is 5.32 Å². The molecule has 1 aliphatic rings. The molecule has 3 aromatic rings. The number of piperazine rings is 1. The fourth-order valence-electron chi connectivity index (χ4n) is 4.02. The monoisotopic (exact) mass is 463 g/mol. The van der Waals surface area contributed by atoms with E-state index in [4.69, 9.17) is 0 Å². The molecule has 0 saturated carbocycles. The Hall–Kier alpha value is -3.00. The zero-order chi connectivity index (χ0) is 23.3. The van der Waals surface area contributed by atoms with E-state index in [0.29, 0.717) is 49.7 Å². The van der Waals surface area contributed by atoms with Crippen LogP contribution in [-0.4, -0.2) is 49.7 Å². The van der Waals surface area contributed by atoms with E-state index in [9.17, 15) is 13.2 Å². The molecular formula is C26H29N3O3S. The Balaban J connectivity index is 1.33. The Kier molecular flexibility index (Phi) is 7.23. The number of carbonyl (C=O) groups excluding carboxylic acids is 1. The number of nitrogens with zero attached hydrogens (tertiary/aromatic N) is 2. The average molecular weight is 464 g/mol. The molecule has 0 unspecified atom stereocenters. The van der Waals surface area contributed by atoms with Crippen LogP contribution in [0.3, 0.4) is 0 Å². The highest BCUT2D eigenvalue weighted by Gasteiger charge is 2.28. The topological polar surface area (TPSA) is 69.7 Å². The summed E-state index contributed by atoms with van der Waals surface area (Å²) in [5.41, 5.74) is 3.93. The summed E-state index contributed by atoms with van der Waals surface area (Å²) < 4.78 is 27.2. The standard InChI is InChI=1S/C26H29N3O3S/c1-21-8-5-6-10-24(21)19-27-26(30)23-11-7-9-22(18-23)20-28-14-16-29(17-15-28)33(31,32)25-12-3-2-4-13-25/h2-13,18H,14-17,19-20H2,1H3,(H,27,30). The molecule has 33 heavy (non-hydrogen) atoms. The first-order valence-electron chi connectivity index (χ1n) is 11.1. The number of hydrogen-bond acceptors (Lipinski definition) is 4. The van der Waals surface area contributed by atoms with Crippen LogP contribution in [0.1, 0.15) is 27.0 Å². The Labute approximate surface area is 195 Å². The quantitative estimate of drug-likeness (QED) is 0.583. The molecule has 1 fully saturated rings. The second kappa shape index (κ2) is 10.3. The fourth-order valence-corrected chi connectivity index (χ4v) is 5.47. The molecule has 0 aromatic heterocycles. The minimum Gasteiger partial charge on any atom is -0.348 e. The summed E-state index contributed by atoms with van der Waals surface area (Å²) in [7, 11) is -3.45. The lowest BCUT2D eigenvalue weighted by Crippen LogP contribution is -2.48. The highest BCUT2D eigenvalue weighted by atomic mass is 32.2. The van der Waals surface area contributed by atoms with Crippen LogP contribution in [0.5, 0.6) is 0 Å². The molecule has 1 N–H and O–H groups in total. The second-order valence-corrected chi connectivity index (χ2v) is 10.2. The predicted octanol–water partition coefficient (Wildman–Crippen LogP) is 3.43. The Morgan fingerprint density at radius 3 is 2.30 bits per heavy atom. The molecule has 1 saturated heterocycles. The van der Waals surface area contributed by atoms with E-state index in [0.717, 1.165) is 16.7 Å². The normalized spacial score (nSPS) is 15.3. The number of sulfonamides is 1. The third-order valence-corrected chi connectivity index (χ3v) is 7.92. The maximum absolute atomic E-state index is 12.8. The third kappa shape index (κ3) is 5.68. The molecule has 172 valence electrons. The molecule has 1 aliphatic heterocycles. The van der Waals surface area contributed by atoms with Crippen LogP contribution in [0.4, 0.5) is 0 Å². The summed E-state index contributed by atoms with van der Waals surface area (Å²) in [6.45, 7) is 5.41. The minimum absolute atomic E-state index is 0.0983. The number of nitrogens with one attached hydrogen (secondary N) is 1.